The van der Waals surface area contributed by atoms with Gasteiger partial charge in [0.15, 0.2) is 0 Å². The Morgan fingerprint density at radius 1 is 1.50 bits per heavy atom. The maximum Gasteiger partial charge on any atom is 0.217 e. The molecule has 1 heterocycles. The third-order valence-electron chi connectivity index (χ3n) is 2.95. The minimum Gasteiger partial charge on any atom is -0.382 e. The Kier molecular flexibility index (Phi) is 2.86. The molecule has 0 fully saturated rings. The Hall–Kier alpha value is -1.51. The Balaban J connectivity index is 2.35. The Bertz CT molecular complexity index is 414. The van der Waals surface area contributed by atoms with Crippen molar-refractivity contribution in [1.82, 2.24) is 5.32 Å². The monoisotopic (exact) mass is 218 g/mol. The smallest absolute Gasteiger partial charge is 0.217 e. The van der Waals surface area contributed by atoms with Crippen LogP contribution in [0.5, 0.6) is 0 Å². The summed E-state index contributed by atoms with van der Waals surface area (Å²) in [5.74, 6) is 0.0338. The van der Waals surface area contributed by atoms with Crippen molar-refractivity contribution in [3.05, 3.63) is 29.3 Å². The molecule has 0 saturated carbocycles. The topological polar surface area (TPSA) is 41.1 Å². The molecule has 2 rings (SSSR count). The summed E-state index contributed by atoms with van der Waals surface area (Å²) in [5, 5.41) is 6.46. The molecular weight excluding hydrogens is 200 g/mol. The molecule has 1 aromatic carbocycles. The lowest BCUT2D eigenvalue weighted by molar-refractivity contribution is -0.119. The molecule has 0 aromatic heterocycles. The average molecular weight is 218 g/mol. The number of carbonyl (C=O) groups excluding carboxylic acids is 1. The normalized spacial score (nSPS) is 23.2. The number of anilines is 1. The SMILES string of the molecule is CC(=O)NC1CC(C)Nc2ccc(C)cc21. The van der Waals surface area contributed by atoms with Crippen LogP contribution in [-0.2, 0) is 4.79 Å². The van der Waals surface area contributed by atoms with Gasteiger partial charge in [-0.25, -0.2) is 0 Å². The van der Waals surface area contributed by atoms with E-state index in [1.165, 1.54) is 11.1 Å². The quantitative estimate of drug-likeness (QED) is 0.760. The van der Waals surface area contributed by atoms with E-state index in [-0.39, 0.29) is 11.9 Å². The zero-order chi connectivity index (χ0) is 11.7. The van der Waals surface area contributed by atoms with Gasteiger partial charge in [0.1, 0.15) is 0 Å². The van der Waals surface area contributed by atoms with E-state index in [2.05, 4.69) is 42.7 Å². The van der Waals surface area contributed by atoms with Gasteiger partial charge in [0.05, 0.1) is 6.04 Å². The number of hydrogen-bond donors (Lipinski definition) is 2. The van der Waals surface area contributed by atoms with Crippen molar-refractivity contribution in [1.29, 1.82) is 0 Å². The molecule has 86 valence electrons. The number of benzene rings is 1. The summed E-state index contributed by atoms with van der Waals surface area (Å²) < 4.78 is 0. The first kappa shape index (κ1) is 11.0. The molecule has 1 aliphatic heterocycles. The molecule has 0 aliphatic carbocycles. The molecule has 0 saturated heterocycles. The van der Waals surface area contributed by atoms with Gasteiger partial charge in [-0.1, -0.05) is 17.7 Å². The lowest BCUT2D eigenvalue weighted by atomic mass is 9.92. The standard InChI is InChI=1S/C13H18N2O/c1-8-4-5-12-11(6-8)13(15-10(3)16)7-9(2)14-12/h4-6,9,13-14H,7H2,1-3H3,(H,15,16). The number of fused-ring (bicyclic) bond motifs is 1. The van der Waals surface area contributed by atoms with Crippen LogP contribution in [0.15, 0.2) is 18.2 Å². The largest absolute Gasteiger partial charge is 0.382 e. The summed E-state index contributed by atoms with van der Waals surface area (Å²) in [7, 11) is 0. The maximum atomic E-state index is 11.2. The van der Waals surface area contributed by atoms with Gasteiger partial charge in [-0.2, -0.15) is 0 Å². The van der Waals surface area contributed by atoms with Gasteiger partial charge in [-0.3, -0.25) is 4.79 Å². The van der Waals surface area contributed by atoms with Crippen LogP contribution < -0.4 is 10.6 Å². The zero-order valence-electron chi connectivity index (χ0n) is 10.0. The van der Waals surface area contributed by atoms with Gasteiger partial charge in [-0.15, -0.1) is 0 Å². The molecule has 1 aliphatic rings. The summed E-state index contributed by atoms with van der Waals surface area (Å²) in [6.45, 7) is 5.78. The summed E-state index contributed by atoms with van der Waals surface area (Å²) in [4.78, 5) is 11.2. The molecule has 0 radical (unpaired) electrons. The zero-order valence-corrected chi connectivity index (χ0v) is 10.0. The Morgan fingerprint density at radius 3 is 2.94 bits per heavy atom. The van der Waals surface area contributed by atoms with Gasteiger partial charge in [0.2, 0.25) is 5.91 Å². The molecular formula is C13H18N2O. The minimum absolute atomic E-state index is 0.0338. The van der Waals surface area contributed by atoms with Crippen LogP contribution in [0.2, 0.25) is 0 Å². The van der Waals surface area contributed by atoms with Crippen molar-refractivity contribution < 1.29 is 4.79 Å². The van der Waals surface area contributed by atoms with E-state index < -0.39 is 0 Å². The van der Waals surface area contributed by atoms with Crippen molar-refractivity contribution in [2.24, 2.45) is 0 Å². The molecule has 3 heteroatoms. The predicted octanol–water partition coefficient (Wildman–Crippen LogP) is 2.38. The van der Waals surface area contributed by atoms with Crippen LogP contribution in [0.3, 0.4) is 0 Å². The van der Waals surface area contributed by atoms with E-state index in [0.29, 0.717) is 6.04 Å². The van der Waals surface area contributed by atoms with Crippen LogP contribution >= 0.6 is 0 Å². The molecule has 1 amide bonds. The van der Waals surface area contributed by atoms with Crippen LogP contribution in [0.4, 0.5) is 5.69 Å². The number of amides is 1. The summed E-state index contributed by atoms with van der Waals surface area (Å²) in [6.07, 6.45) is 0.941. The second kappa shape index (κ2) is 4.16. The second-order valence-corrected chi connectivity index (χ2v) is 4.62. The fraction of sp³-hybridized carbons (Fsp3) is 0.462. The number of hydrogen-bond acceptors (Lipinski definition) is 2. The van der Waals surface area contributed by atoms with E-state index in [4.69, 9.17) is 0 Å². The average Bonchev–Trinajstić information content (AvgIpc) is 2.18. The second-order valence-electron chi connectivity index (χ2n) is 4.62. The number of aryl methyl sites for hydroxylation is 1. The van der Waals surface area contributed by atoms with Gasteiger partial charge in [0, 0.05) is 18.7 Å². The van der Waals surface area contributed by atoms with Crippen molar-refractivity contribution in [2.45, 2.75) is 39.3 Å². The van der Waals surface area contributed by atoms with Gasteiger partial charge in [0.25, 0.3) is 0 Å². The Morgan fingerprint density at radius 2 is 2.25 bits per heavy atom. The number of rotatable bonds is 1. The maximum absolute atomic E-state index is 11.2. The highest BCUT2D eigenvalue weighted by Crippen LogP contribution is 2.33. The van der Waals surface area contributed by atoms with Crippen molar-refractivity contribution >= 4 is 11.6 Å². The predicted molar refractivity (Wildman–Crippen MR) is 65.4 cm³/mol. The van der Waals surface area contributed by atoms with Gasteiger partial charge < -0.3 is 10.6 Å². The third-order valence-corrected chi connectivity index (χ3v) is 2.95. The van der Waals surface area contributed by atoms with E-state index in [9.17, 15) is 4.79 Å². The summed E-state index contributed by atoms with van der Waals surface area (Å²) in [5.41, 5.74) is 3.57. The van der Waals surface area contributed by atoms with Crippen LogP contribution in [-0.4, -0.2) is 11.9 Å². The first-order chi connectivity index (χ1) is 7.56. The summed E-state index contributed by atoms with van der Waals surface area (Å²) >= 11 is 0. The molecule has 0 spiro atoms. The van der Waals surface area contributed by atoms with E-state index in [1.54, 1.807) is 6.92 Å². The lowest BCUT2D eigenvalue weighted by Crippen LogP contribution is -2.35. The minimum atomic E-state index is 0.0338. The van der Waals surface area contributed by atoms with Gasteiger partial charge >= 0.3 is 0 Å². The highest BCUT2D eigenvalue weighted by atomic mass is 16.1. The van der Waals surface area contributed by atoms with Crippen LogP contribution in [0.25, 0.3) is 0 Å². The van der Waals surface area contributed by atoms with E-state index >= 15 is 0 Å². The summed E-state index contributed by atoms with van der Waals surface area (Å²) in [6, 6.07) is 6.87. The molecule has 1 aromatic rings. The van der Waals surface area contributed by atoms with Crippen molar-refractivity contribution in [3.63, 3.8) is 0 Å². The van der Waals surface area contributed by atoms with Crippen molar-refractivity contribution in [3.8, 4) is 0 Å². The van der Waals surface area contributed by atoms with Crippen molar-refractivity contribution in [2.75, 3.05) is 5.32 Å². The molecule has 0 bridgehead atoms. The molecule has 3 nitrogen and oxygen atoms in total. The Labute approximate surface area is 96.2 Å². The fourth-order valence-electron chi connectivity index (χ4n) is 2.29. The highest BCUT2D eigenvalue weighted by Gasteiger charge is 2.24. The first-order valence-electron chi connectivity index (χ1n) is 5.70. The molecule has 2 N–H and O–H groups in total. The van der Waals surface area contributed by atoms with E-state index in [0.717, 1.165) is 12.1 Å². The highest BCUT2D eigenvalue weighted by molar-refractivity contribution is 5.74. The fourth-order valence-corrected chi connectivity index (χ4v) is 2.29. The number of nitrogens with one attached hydrogen (secondary N) is 2. The van der Waals surface area contributed by atoms with Gasteiger partial charge in [-0.05, 0) is 31.9 Å². The van der Waals surface area contributed by atoms with E-state index in [1.807, 2.05) is 0 Å². The van der Waals surface area contributed by atoms with Crippen LogP contribution in [0.1, 0.15) is 37.4 Å². The molecule has 16 heavy (non-hydrogen) atoms. The van der Waals surface area contributed by atoms with Crippen LogP contribution in [0, 0.1) is 6.92 Å². The first-order valence-corrected chi connectivity index (χ1v) is 5.70. The molecule has 2 unspecified atom stereocenters. The third kappa shape index (κ3) is 2.18. The lowest BCUT2D eigenvalue weighted by Gasteiger charge is -2.32. The number of carbonyl (C=O) groups is 1. The molecule has 2 atom stereocenters.